The molecule has 0 atom stereocenters. The van der Waals surface area contributed by atoms with Crippen molar-refractivity contribution in [3.63, 3.8) is 0 Å². The molecule has 0 amide bonds. The second-order valence-corrected chi connectivity index (χ2v) is 2.63. The van der Waals surface area contributed by atoms with Gasteiger partial charge in [-0.15, -0.1) is 0 Å². The first-order valence-corrected chi connectivity index (χ1v) is 4.18. The molecule has 1 rings (SSSR count). The standard InChI is InChI=1S/C10H11NO4/c1-14-10(13)9(11-15-2)7-5-3-4-6-8(7)12/h3-6,12H,1-2H3/b11-9-. The molecule has 0 unspecified atom stereocenters. The fraction of sp³-hybridized carbons (Fsp3) is 0.200. The largest absolute Gasteiger partial charge is 0.507 e. The molecule has 0 aliphatic rings. The highest BCUT2D eigenvalue weighted by Crippen LogP contribution is 2.17. The Morgan fingerprint density at radius 3 is 2.53 bits per heavy atom. The zero-order valence-electron chi connectivity index (χ0n) is 8.43. The molecule has 80 valence electrons. The maximum atomic E-state index is 11.3. The molecule has 0 spiro atoms. The third-order valence-electron chi connectivity index (χ3n) is 1.72. The van der Waals surface area contributed by atoms with Crippen LogP contribution >= 0.6 is 0 Å². The molecule has 15 heavy (non-hydrogen) atoms. The number of nitrogens with zero attached hydrogens (tertiary/aromatic N) is 1. The zero-order valence-corrected chi connectivity index (χ0v) is 8.43. The third kappa shape index (κ3) is 2.46. The van der Waals surface area contributed by atoms with Crippen molar-refractivity contribution in [1.29, 1.82) is 0 Å². The van der Waals surface area contributed by atoms with Crippen LogP contribution in [0.1, 0.15) is 5.56 Å². The zero-order chi connectivity index (χ0) is 11.3. The van der Waals surface area contributed by atoms with Crippen LogP contribution in [0, 0.1) is 0 Å². The van der Waals surface area contributed by atoms with Gasteiger partial charge in [0.05, 0.1) is 12.7 Å². The first kappa shape index (κ1) is 11.0. The van der Waals surface area contributed by atoms with Gasteiger partial charge in [-0.05, 0) is 12.1 Å². The molecule has 0 aliphatic heterocycles. The van der Waals surface area contributed by atoms with Crippen LogP contribution in [0.2, 0.25) is 0 Å². The van der Waals surface area contributed by atoms with E-state index in [0.29, 0.717) is 0 Å². The number of aromatic hydroxyl groups is 1. The average molecular weight is 209 g/mol. The van der Waals surface area contributed by atoms with Crippen molar-refractivity contribution in [2.45, 2.75) is 0 Å². The molecule has 0 heterocycles. The molecule has 5 nitrogen and oxygen atoms in total. The lowest BCUT2D eigenvalue weighted by molar-refractivity contribution is -0.132. The number of phenolic OH excluding ortho intramolecular Hbond substituents is 1. The number of benzene rings is 1. The molecule has 0 aromatic heterocycles. The van der Waals surface area contributed by atoms with E-state index in [0.717, 1.165) is 0 Å². The highest BCUT2D eigenvalue weighted by atomic mass is 16.6. The van der Waals surface area contributed by atoms with Gasteiger partial charge in [0.15, 0.2) is 5.71 Å². The Bertz CT molecular complexity index is 387. The highest BCUT2D eigenvalue weighted by molar-refractivity contribution is 6.43. The third-order valence-corrected chi connectivity index (χ3v) is 1.72. The molecule has 0 aliphatic carbocycles. The van der Waals surface area contributed by atoms with Gasteiger partial charge in [-0.1, -0.05) is 17.3 Å². The van der Waals surface area contributed by atoms with Gasteiger partial charge >= 0.3 is 5.97 Å². The van der Waals surface area contributed by atoms with E-state index in [2.05, 4.69) is 14.7 Å². The van der Waals surface area contributed by atoms with E-state index in [9.17, 15) is 9.90 Å². The average Bonchev–Trinajstić information content (AvgIpc) is 2.26. The Kier molecular flexibility index (Phi) is 3.68. The molecular formula is C10H11NO4. The summed E-state index contributed by atoms with van der Waals surface area (Å²) in [5, 5.41) is 13.0. The molecule has 0 radical (unpaired) electrons. The maximum Gasteiger partial charge on any atom is 0.360 e. The van der Waals surface area contributed by atoms with Gasteiger partial charge in [0.25, 0.3) is 0 Å². The minimum Gasteiger partial charge on any atom is -0.507 e. The summed E-state index contributed by atoms with van der Waals surface area (Å²) in [5.41, 5.74) is 0.198. The van der Waals surface area contributed by atoms with Gasteiger partial charge in [0.1, 0.15) is 12.9 Å². The van der Waals surface area contributed by atoms with Crippen molar-refractivity contribution in [2.24, 2.45) is 5.16 Å². The van der Waals surface area contributed by atoms with Crippen LogP contribution in [-0.2, 0) is 14.4 Å². The highest BCUT2D eigenvalue weighted by Gasteiger charge is 2.18. The quantitative estimate of drug-likeness (QED) is 0.456. The maximum absolute atomic E-state index is 11.3. The molecule has 5 heteroatoms. The Labute approximate surface area is 86.9 Å². The summed E-state index contributed by atoms with van der Waals surface area (Å²) >= 11 is 0. The number of methoxy groups -OCH3 is 1. The Morgan fingerprint density at radius 2 is 2.00 bits per heavy atom. The van der Waals surface area contributed by atoms with E-state index in [1.165, 1.54) is 20.3 Å². The summed E-state index contributed by atoms with van der Waals surface area (Å²) < 4.78 is 4.51. The van der Waals surface area contributed by atoms with E-state index < -0.39 is 5.97 Å². The van der Waals surface area contributed by atoms with Gasteiger partial charge in [0.2, 0.25) is 0 Å². The van der Waals surface area contributed by atoms with Crippen LogP contribution in [0.15, 0.2) is 29.4 Å². The summed E-state index contributed by atoms with van der Waals surface area (Å²) in [4.78, 5) is 15.8. The van der Waals surface area contributed by atoms with Crippen molar-refractivity contribution >= 4 is 11.7 Å². The van der Waals surface area contributed by atoms with Crippen molar-refractivity contribution < 1.29 is 19.5 Å². The van der Waals surface area contributed by atoms with Gasteiger partial charge < -0.3 is 14.7 Å². The number of para-hydroxylation sites is 1. The van der Waals surface area contributed by atoms with E-state index in [1.807, 2.05) is 0 Å². The summed E-state index contributed by atoms with van der Waals surface area (Å²) in [6.07, 6.45) is 0. The van der Waals surface area contributed by atoms with Crippen molar-refractivity contribution in [2.75, 3.05) is 14.2 Å². The van der Waals surface area contributed by atoms with Gasteiger partial charge in [-0.25, -0.2) is 4.79 Å². The second kappa shape index (κ2) is 4.99. The number of rotatable bonds is 3. The second-order valence-electron chi connectivity index (χ2n) is 2.63. The smallest absolute Gasteiger partial charge is 0.360 e. The normalized spacial score (nSPS) is 10.9. The van der Waals surface area contributed by atoms with Crippen LogP contribution in [-0.4, -0.2) is 31.0 Å². The number of phenols is 1. The molecule has 0 saturated heterocycles. The number of carbonyl (C=O) groups excluding carboxylic acids is 1. The lowest BCUT2D eigenvalue weighted by Crippen LogP contribution is -2.17. The Balaban J connectivity index is 3.17. The van der Waals surface area contributed by atoms with Crippen LogP contribution in [0.5, 0.6) is 5.75 Å². The van der Waals surface area contributed by atoms with Crippen LogP contribution in [0.4, 0.5) is 0 Å². The molecular weight excluding hydrogens is 198 g/mol. The Morgan fingerprint density at radius 1 is 1.33 bits per heavy atom. The van der Waals surface area contributed by atoms with Crippen molar-refractivity contribution in [3.8, 4) is 5.75 Å². The molecule has 0 fully saturated rings. The number of hydrogen-bond donors (Lipinski definition) is 1. The lowest BCUT2D eigenvalue weighted by Gasteiger charge is -2.05. The minimum atomic E-state index is -0.668. The van der Waals surface area contributed by atoms with Crippen LogP contribution in [0.3, 0.4) is 0 Å². The van der Waals surface area contributed by atoms with E-state index in [4.69, 9.17) is 0 Å². The lowest BCUT2D eigenvalue weighted by atomic mass is 10.1. The first-order chi connectivity index (χ1) is 7.20. The van der Waals surface area contributed by atoms with E-state index in [-0.39, 0.29) is 17.0 Å². The fourth-order valence-corrected chi connectivity index (χ4v) is 1.06. The van der Waals surface area contributed by atoms with Gasteiger partial charge in [0, 0.05) is 0 Å². The van der Waals surface area contributed by atoms with Crippen molar-refractivity contribution in [3.05, 3.63) is 29.8 Å². The Hall–Kier alpha value is -2.04. The summed E-state index contributed by atoms with van der Waals surface area (Å²) in [6, 6.07) is 6.30. The molecule has 1 aromatic carbocycles. The predicted molar refractivity (Wildman–Crippen MR) is 53.7 cm³/mol. The van der Waals surface area contributed by atoms with E-state index in [1.54, 1.807) is 18.2 Å². The summed E-state index contributed by atoms with van der Waals surface area (Å²) in [7, 11) is 2.54. The van der Waals surface area contributed by atoms with Gasteiger partial charge in [-0.3, -0.25) is 0 Å². The molecule has 1 aromatic rings. The number of hydrogen-bond acceptors (Lipinski definition) is 5. The molecule has 0 bridgehead atoms. The number of esters is 1. The topological polar surface area (TPSA) is 68.1 Å². The summed E-state index contributed by atoms with van der Waals surface area (Å²) in [6.45, 7) is 0. The summed E-state index contributed by atoms with van der Waals surface area (Å²) in [5.74, 6) is -0.725. The predicted octanol–water partition coefficient (Wildman–Crippen LogP) is 0.916. The van der Waals surface area contributed by atoms with Crippen LogP contribution in [0.25, 0.3) is 0 Å². The minimum absolute atomic E-state index is 0.0568. The van der Waals surface area contributed by atoms with Gasteiger partial charge in [-0.2, -0.15) is 0 Å². The number of ether oxygens (including phenoxy) is 1. The molecule has 0 saturated carbocycles. The fourth-order valence-electron chi connectivity index (χ4n) is 1.06. The van der Waals surface area contributed by atoms with Crippen LogP contribution < -0.4 is 0 Å². The monoisotopic (exact) mass is 209 g/mol. The van der Waals surface area contributed by atoms with E-state index >= 15 is 0 Å². The molecule has 1 N–H and O–H groups in total. The number of carbonyl (C=O) groups is 1. The SMILES string of the molecule is CO/N=C(\C(=O)OC)c1ccccc1O. The number of oxime groups is 1. The van der Waals surface area contributed by atoms with Crippen molar-refractivity contribution in [1.82, 2.24) is 0 Å². The first-order valence-electron chi connectivity index (χ1n) is 4.18.